The molecule has 5 heteroatoms. The zero-order chi connectivity index (χ0) is 13.5. The Balaban J connectivity index is 2.49. The molecule has 0 fully saturated rings. The Morgan fingerprint density at radius 2 is 2.22 bits per heavy atom. The third kappa shape index (κ3) is 4.33. The van der Waals surface area contributed by atoms with Crippen LogP contribution in [0.3, 0.4) is 0 Å². The van der Waals surface area contributed by atoms with E-state index in [1.54, 1.807) is 19.9 Å². The minimum absolute atomic E-state index is 0.168. The summed E-state index contributed by atoms with van der Waals surface area (Å²) in [5.74, 6) is -0.970. The first kappa shape index (κ1) is 14.4. The van der Waals surface area contributed by atoms with Crippen LogP contribution in [-0.2, 0) is 9.53 Å². The highest BCUT2D eigenvalue weighted by molar-refractivity contribution is 5.72. The molecule has 1 rings (SSSR count). The van der Waals surface area contributed by atoms with Gasteiger partial charge in [0.2, 0.25) is 0 Å². The number of aliphatic carboxylic acids is 1. The summed E-state index contributed by atoms with van der Waals surface area (Å²) >= 11 is 0. The lowest BCUT2D eigenvalue weighted by atomic mass is 10.2. The van der Waals surface area contributed by atoms with Crippen molar-refractivity contribution in [2.24, 2.45) is 0 Å². The minimum atomic E-state index is -1.02. The second-order valence-electron chi connectivity index (χ2n) is 3.83. The monoisotopic (exact) mass is 256 g/mol. The summed E-state index contributed by atoms with van der Waals surface area (Å²) in [7, 11) is 0. The molecule has 0 aromatic heterocycles. The van der Waals surface area contributed by atoms with E-state index in [1.165, 1.54) is 12.1 Å². The van der Waals surface area contributed by atoms with Crippen molar-refractivity contribution in [3.63, 3.8) is 0 Å². The smallest absolute Gasteiger partial charge is 0.332 e. The number of rotatable bonds is 7. The van der Waals surface area contributed by atoms with Gasteiger partial charge in [0.25, 0.3) is 0 Å². The van der Waals surface area contributed by atoms with Crippen LogP contribution in [0.5, 0.6) is 5.75 Å². The number of hydrogen-bond acceptors (Lipinski definition) is 3. The van der Waals surface area contributed by atoms with Gasteiger partial charge in [0, 0.05) is 19.1 Å². The van der Waals surface area contributed by atoms with E-state index in [0.717, 1.165) is 5.56 Å². The van der Waals surface area contributed by atoms with Crippen LogP contribution in [0.2, 0.25) is 0 Å². The van der Waals surface area contributed by atoms with E-state index in [1.807, 2.05) is 0 Å². The minimum Gasteiger partial charge on any atom is -0.493 e. The molecule has 0 aliphatic rings. The van der Waals surface area contributed by atoms with Crippen molar-refractivity contribution in [1.29, 1.82) is 0 Å². The number of ether oxygens (including phenoxy) is 2. The number of carbonyl (C=O) groups is 1. The molecule has 0 aliphatic heterocycles. The van der Waals surface area contributed by atoms with Crippen molar-refractivity contribution < 1.29 is 23.8 Å². The van der Waals surface area contributed by atoms with E-state index in [0.29, 0.717) is 12.4 Å². The highest BCUT2D eigenvalue weighted by atomic mass is 19.1. The van der Waals surface area contributed by atoms with E-state index in [2.05, 4.69) is 0 Å². The van der Waals surface area contributed by atoms with Crippen LogP contribution in [0, 0.1) is 12.7 Å². The Labute approximate surface area is 105 Å². The van der Waals surface area contributed by atoms with Gasteiger partial charge in [-0.05, 0) is 25.5 Å². The molecule has 100 valence electrons. The zero-order valence-corrected chi connectivity index (χ0v) is 10.5. The average molecular weight is 256 g/mol. The molecule has 0 amide bonds. The number of carboxylic acids is 1. The molecular weight excluding hydrogens is 239 g/mol. The maximum absolute atomic E-state index is 13.0. The van der Waals surface area contributed by atoms with Crippen molar-refractivity contribution in [2.75, 3.05) is 13.2 Å². The Morgan fingerprint density at radius 3 is 2.83 bits per heavy atom. The molecule has 4 nitrogen and oxygen atoms in total. The summed E-state index contributed by atoms with van der Waals surface area (Å²) in [4.78, 5) is 10.8. The van der Waals surface area contributed by atoms with Crippen molar-refractivity contribution >= 4 is 5.97 Å². The van der Waals surface area contributed by atoms with Gasteiger partial charge in [-0.2, -0.15) is 0 Å². The lowest BCUT2D eigenvalue weighted by Gasteiger charge is -2.14. The summed E-state index contributed by atoms with van der Waals surface area (Å²) in [6, 6.07) is 4.25. The normalized spacial score (nSPS) is 12.2. The van der Waals surface area contributed by atoms with E-state index in [4.69, 9.17) is 14.6 Å². The molecule has 0 saturated heterocycles. The number of halogens is 1. The first-order valence-corrected chi connectivity index (χ1v) is 5.78. The van der Waals surface area contributed by atoms with Crippen LogP contribution in [0.1, 0.15) is 18.9 Å². The van der Waals surface area contributed by atoms with Crippen LogP contribution >= 0.6 is 0 Å². The van der Waals surface area contributed by atoms with Crippen LogP contribution in [0.4, 0.5) is 4.39 Å². The highest BCUT2D eigenvalue weighted by Gasteiger charge is 2.17. The molecule has 1 unspecified atom stereocenters. The van der Waals surface area contributed by atoms with Gasteiger partial charge in [-0.3, -0.25) is 0 Å². The molecule has 1 aromatic rings. The number of aryl methyl sites for hydroxylation is 1. The molecule has 0 bridgehead atoms. The molecule has 1 atom stereocenters. The predicted octanol–water partition coefficient (Wildman–Crippen LogP) is 2.39. The summed E-state index contributed by atoms with van der Waals surface area (Å²) in [6.07, 6.45) is -0.664. The van der Waals surface area contributed by atoms with Crippen molar-refractivity contribution in [2.45, 2.75) is 26.4 Å². The molecule has 0 saturated carbocycles. The SMILES string of the molecule is CCOC(CCOc1cc(F)ccc1C)C(=O)O. The summed E-state index contributed by atoms with van der Waals surface area (Å²) in [5.41, 5.74) is 0.805. The summed E-state index contributed by atoms with van der Waals surface area (Å²) < 4.78 is 23.4. The standard InChI is InChI=1S/C13H17FO4/c1-3-17-11(13(15)16)6-7-18-12-8-10(14)5-4-9(12)2/h4-5,8,11H,3,6-7H2,1-2H3,(H,15,16). The van der Waals surface area contributed by atoms with Crippen molar-refractivity contribution in [3.8, 4) is 5.75 Å². The van der Waals surface area contributed by atoms with Gasteiger partial charge in [0.15, 0.2) is 6.10 Å². The number of carboxylic acid groups (broad SMARTS) is 1. The van der Waals surface area contributed by atoms with Gasteiger partial charge >= 0.3 is 5.97 Å². The van der Waals surface area contributed by atoms with Gasteiger partial charge in [0.1, 0.15) is 11.6 Å². The van der Waals surface area contributed by atoms with Crippen LogP contribution in [-0.4, -0.2) is 30.4 Å². The molecule has 0 aliphatic carbocycles. The van der Waals surface area contributed by atoms with Gasteiger partial charge in [-0.15, -0.1) is 0 Å². The molecular formula is C13H17FO4. The largest absolute Gasteiger partial charge is 0.493 e. The van der Waals surface area contributed by atoms with Crippen LogP contribution < -0.4 is 4.74 Å². The van der Waals surface area contributed by atoms with Crippen molar-refractivity contribution in [1.82, 2.24) is 0 Å². The zero-order valence-electron chi connectivity index (χ0n) is 10.5. The molecule has 0 spiro atoms. The van der Waals surface area contributed by atoms with Crippen LogP contribution in [0.15, 0.2) is 18.2 Å². The Kier molecular flexibility index (Phi) is 5.58. The lowest BCUT2D eigenvalue weighted by Crippen LogP contribution is -2.26. The fourth-order valence-corrected chi connectivity index (χ4v) is 1.48. The first-order chi connectivity index (χ1) is 8.54. The quantitative estimate of drug-likeness (QED) is 0.813. The molecule has 18 heavy (non-hydrogen) atoms. The third-order valence-electron chi connectivity index (χ3n) is 2.43. The molecule has 1 N–H and O–H groups in total. The fraction of sp³-hybridized carbons (Fsp3) is 0.462. The van der Waals surface area contributed by atoms with Gasteiger partial charge in [-0.1, -0.05) is 6.07 Å². The number of benzene rings is 1. The van der Waals surface area contributed by atoms with E-state index >= 15 is 0 Å². The summed E-state index contributed by atoms with van der Waals surface area (Å²) in [5, 5.41) is 8.86. The average Bonchev–Trinajstić information content (AvgIpc) is 2.32. The second kappa shape index (κ2) is 6.96. The van der Waals surface area contributed by atoms with Gasteiger partial charge in [0.05, 0.1) is 6.61 Å². The van der Waals surface area contributed by atoms with E-state index < -0.39 is 12.1 Å². The van der Waals surface area contributed by atoms with Gasteiger partial charge in [-0.25, -0.2) is 9.18 Å². The van der Waals surface area contributed by atoms with Crippen LogP contribution in [0.25, 0.3) is 0 Å². The molecule has 0 heterocycles. The predicted molar refractivity (Wildman–Crippen MR) is 64.3 cm³/mol. The first-order valence-electron chi connectivity index (χ1n) is 5.78. The van der Waals surface area contributed by atoms with E-state index in [9.17, 15) is 9.18 Å². The van der Waals surface area contributed by atoms with E-state index in [-0.39, 0.29) is 18.8 Å². The molecule has 1 aromatic carbocycles. The maximum Gasteiger partial charge on any atom is 0.332 e. The summed E-state index contributed by atoms with van der Waals surface area (Å²) in [6.45, 7) is 4.02. The van der Waals surface area contributed by atoms with Gasteiger partial charge < -0.3 is 14.6 Å². The fourth-order valence-electron chi connectivity index (χ4n) is 1.48. The third-order valence-corrected chi connectivity index (χ3v) is 2.43. The van der Waals surface area contributed by atoms with Crippen molar-refractivity contribution in [3.05, 3.63) is 29.6 Å². The number of hydrogen-bond donors (Lipinski definition) is 1. The Hall–Kier alpha value is -1.62. The second-order valence-corrected chi connectivity index (χ2v) is 3.83. The topological polar surface area (TPSA) is 55.8 Å². The molecule has 0 radical (unpaired) electrons. The Bertz CT molecular complexity index is 406. The maximum atomic E-state index is 13.0. The Morgan fingerprint density at radius 1 is 1.50 bits per heavy atom. The lowest BCUT2D eigenvalue weighted by molar-refractivity contribution is -0.150. The highest BCUT2D eigenvalue weighted by Crippen LogP contribution is 2.19.